The van der Waals surface area contributed by atoms with Gasteiger partial charge in [0.05, 0.1) is 11.0 Å². The molecule has 0 atom stereocenters. The zero-order valence-electron chi connectivity index (χ0n) is 9.56. The van der Waals surface area contributed by atoms with Gasteiger partial charge in [0, 0.05) is 19.2 Å². The van der Waals surface area contributed by atoms with Crippen LogP contribution in [0.15, 0.2) is 18.2 Å². The maximum atomic E-state index is 13.3. The zero-order chi connectivity index (χ0) is 11.8. The third-order valence-corrected chi connectivity index (χ3v) is 3.23. The first kappa shape index (κ1) is 10.4. The number of hydrogen-bond donors (Lipinski definition) is 1. The van der Waals surface area contributed by atoms with Crippen molar-refractivity contribution in [3.63, 3.8) is 0 Å². The van der Waals surface area contributed by atoms with Crippen LogP contribution in [0.1, 0.15) is 19.3 Å². The summed E-state index contributed by atoms with van der Waals surface area (Å²) >= 11 is 0. The normalized spacial score (nSPS) is 16.6. The van der Waals surface area contributed by atoms with E-state index in [1.807, 2.05) is 4.68 Å². The number of anilines is 1. The van der Waals surface area contributed by atoms with Crippen molar-refractivity contribution in [1.82, 2.24) is 9.66 Å². The van der Waals surface area contributed by atoms with Gasteiger partial charge in [0.25, 0.3) is 0 Å². The molecule has 0 unspecified atom stereocenters. The van der Waals surface area contributed by atoms with E-state index in [-0.39, 0.29) is 5.82 Å². The Morgan fingerprint density at radius 2 is 1.94 bits per heavy atom. The second-order valence-electron chi connectivity index (χ2n) is 4.43. The summed E-state index contributed by atoms with van der Waals surface area (Å²) in [6.45, 7) is 1.90. The molecule has 5 heteroatoms. The molecule has 3 rings (SSSR count). The summed E-state index contributed by atoms with van der Waals surface area (Å²) in [5, 5.41) is 2.15. The topological polar surface area (TPSA) is 47.1 Å². The van der Waals surface area contributed by atoms with Gasteiger partial charge < -0.3 is 10.7 Å². The summed E-state index contributed by atoms with van der Waals surface area (Å²) < 4.78 is 15.1. The largest absolute Gasteiger partial charge is 0.368 e. The van der Waals surface area contributed by atoms with Gasteiger partial charge in [-0.2, -0.15) is 0 Å². The zero-order valence-corrected chi connectivity index (χ0v) is 9.56. The Labute approximate surface area is 98.8 Å². The van der Waals surface area contributed by atoms with E-state index in [1.54, 1.807) is 6.07 Å². The second kappa shape index (κ2) is 3.91. The number of nitrogen functional groups attached to an aromatic ring is 1. The molecule has 1 fully saturated rings. The van der Waals surface area contributed by atoms with E-state index in [0.717, 1.165) is 37.0 Å². The van der Waals surface area contributed by atoms with Crippen LogP contribution in [0.4, 0.5) is 10.3 Å². The van der Waals surface area contributed by atoms with Gasteiger partial charge >= 0.3 is 0 Å². The fraction of sp³-hybridized carbons (Fsp3) is 0.417. The molecule has 17 heavy (non-hydrogen) atoms. The van der Waals surface area contributed by atoms with Crippen LogP contribution in [0.5, 0.6) is 0 Å². The highest BCUT2D eigenvalue weighted by Gasteiger charge is 2.17. The quantitative estimate of drug-likeness (QED) is 0.819. The first-order valence-corrected chi connectivity index (χ1v) is 5.94. The number of fused-ring (bicyclic) bond motifs is 1. The molecule has 1 aliphatic rings. The predicted molar refractivity (Wildman–Crippen MR) is 65.9 cm³/mol. The van der Waals surface area contributed by atoms with Crippen LogP contribution in [-0.4, -0.2) is 22.7 Å². The van der Waals surface area contributed by atoms with Crippen LogP contribution in [0, 0.1) is 5.82 Å². The van der Waals surface area contributed by atoms with E-state index in [2.05, 4.69) is 9.99 Å². The molecule has 0 aliphatic carbocycles. The van der Waals surface area contributed by atoms with Gasteiger partial charge in [0.1, 0.15) is 5.82 Å². The standard InChI is InChI=1S/C12H15FN4/c13-9-4-5-10-11(8-9)17(12(14)15-10)16-6-2-1-3-7-16/h4-5,8H,1-3,6-7H2,(H2,14,15). The average molecular weight is 234 g/mol. The number of hydrogen-bond acceptors (Lipinski definition) is 3. The fourth-order valence-corrected chi connectivity index (χ4v) is 2.43. The Balaban J connectivity index is 2.13. The van der Waals surface area contributed by atoms with Gasteiger partial charge in [0.2, 0.25) is 5.95 Å². The number of rotatable bonds is 1. The van der Waals surface area contributed by atoms with Crippen molar-refractivity contribution in [1.29, 1.82) is 0 Å². The van der Waals surface area contributed by atoms with E-state index in [0.29, 0.717) is 5.95 Å². The van der Waals surface area contributed by atoms with Crippen LogP contribution in [-0.2, 0) is 0 Å². The van der Waals surface area contributed by atoms with E-state index in [4.69, 9.17) is 5.73 Å². The monoisotopic (exact) mass is 234 g/mol. The van der Waals surface area contributed by atoms with Crippen LogP contribution in [0.3, 0.4) is 0 Å². The van der Waals surface area contributed by atoms with Gasteiger partial charge in [-0.1, -0.05) is 0 Å². The van der Waals surface area contributed by atoms with Crippen LogP contribution in [0.2, 0.25) is 0 Å². The Bertz CT molecular complexity index is 543. The minimum Gasteiger partial charge on any atom is -0.368 e. The molecule has 0 saturated carbocycles. The Kier molecular flexibility index (Phi) is 2.39. The number of piperidine rings is 1. The van der Waals surface area contributed by atoms with Gasteiger partial charge in [-0.25, -0.2) is 14.1 Å². The lowest BCUT2D eigenvalue weighted by atomic mass is 10.2. The fourth-order valence-electron chi connectivity index (χ4n) is 2.43. The number of nitrogens with zero attached hydrogens (tertiary/aromatic N) is 3. The van der Waals surface area contributed by atoms with Crippen LogP contribution in [0.25, 0.3) is 11.0 Å². The van der Waals surface area contributed by atoms with Gasteiger partial charge in [-0.15, -0.1) is 0 Å². The third kappa shape index (κ3) is 1.71. The van der Waals surface area contributed by atoms with Crippen LogP contribution >= 0.6 is 0 Å². The Morgan fingerprint density at radius 3 is 2.71 bits per heavy atom. The molecule has 2 heterocycles. The smallest absolute Gasteiger partial charge is 0.220 e. The molecular formula is C12H15FN4. The highest BCUT2D eigenvalue weighted by atomic mass is 19.1. The SMILES string of the molecule is Nc1nc2ccc(F)cc2n1N1CCCCC1. The summed E-state index contributed by atoms with van der Waals surface area (Å²) in [6.07, 6.45) is 3.54. The lowest BCUT2D eigenvalue weighted by Gasteiger charge is -2.30. The van der Waals surface area contributed by atoms with Crippen molar-refractivity contribution in [3.05, 3.63) is 24.0 Å². The molecule has 1 saturated heterocycles. The summed E-state index contributed by atoms with van der Waals surface area (Å²) in [5.41, 5.74) is 7.42. The summed E-state index contributed by atoms with van der Waals surface area (Å²) in [4.78, 5) is 4.26. The highest BCUT2D eigenvalue weighted by molar-refractivity contribution is 5.78. The number of nitrogens with two attached hydrogens (primary N) is 1. The molecule has 0 spiro atoms. The van der Waals surface area contributed by atoms with Crippen molar-refractivity contribution in [3.8, 4) is 0 Å². The predicted octanol–water partition coefficient (Wildman–Crippen LogP) is 1.88. The molecule has 0 bridgehead atoms. The number of benzene rings is 1. The molecule has 1 aromatic heterocycles. The van der Waals surface area contributed by atoms with Gasteiger partial charge in [0.15, 0.2) is 0 Å². The first-order chi connectivity index (χ1) is 8.25. The summed E-state index contributed by atoms with van der Waals surface area (Å²) in [6, 6.07) is 4.57. The molecular weight excluding hydrogens is 219 g/mol. The average Bonchev–Trinajstić information content (AvgIpc) is 2.65. The summed E-state index contributed by atoms with van der Waals surface area (Å²) in [7, 11) is 0. The molecule has 2 aromatic rings. The lowest BCUT2D eigenvalue weighted by Crippen LogP contribution is -2.39. The molecule has 0 radical (unpaired) electrons. The van der Waals surface area contributed by atoms with Gasteiger partial charge in [-0.3, -0.25) is 0 Å². The molecule has 4 nitrogen and oxygen atoms in total. The van der Waals surface area contributed by atoms with E-state index >= 15 is 0 Å². The minimum atomic E-state index is -0.254. The number of aromatic nitrogens is 2. The van der Waals surface area contributed by atoms with Crippen molar-refractivity contribution in [2.24, 2.45) is 0 Å². The first-order valence-electron chi connectivity index (χ1n) is 5.94. The molecule has 1 aromatic carbocycles. The molecule has 0 amide bonds. The summed E-state index contributed by atoms with van der Waals surface area (Å²) in [5.74, 6) is 0.183. The Morgan fingerprint density at radius 1 is 1.18 bits per heavy atom. The number of halogens is 1. The third-order valence-electron chi connectivity index (χ3n) is 3.23. The lowest BCUT2D eigenvalue weighted by molar-refractivity contribution is 0.489. The van der Waals surface area contributed by atoms with E-state index < -0.39 is 0 Å². The van der Waals surface area contributed by atoms with E-state index in [9.17, 15) is 4.39 Å². The highest BCUT2D eigenvalue weighted by Crippen LogP contribution is 2.21. The van der Waals surface area contributed by atoms with Crippen molar-refractivity contribution < 1.29 is 4.39 Å². The van der Waals surface area contributed by atoms with Crippen LogP contribution < -0.4 is 10.7 Å². The maximum absolute atomic E-state index is 13.3. The molecule has 1 aliphatic heterocycles. The number of imidazole rings is 1. The van der Waals surface area contributed by atoms with Crippen molar-refractivity contribution in [2.75, 3.05) is 23.8 Å². The van der Waals surface area contributed by atoms with Gasteiger partial charge in [-0.05, 0) is 31.4 Å². The van der Waals surface area contributed by atoms with E-state index in [1.165, 1.54) is 18.6 Å². The van der Waals surface area contributed by atoms with Crippen molar-refractivity contribution >= 4 is 17.0 Å². The molecule has 2 N–H and O–H groups in total. The maximum Gasteiger partial charge on any atom is 0.220 e. The molecule has 90 valence electrons. The van der Waals surface area contributed by atoms with Crippen molar-refractivity contribution in [2.45, 2.75) is 19.3 Å². The second-order valence-corrected chi connectivity index (χ2v) is 4.43. The minimum absolute atomic E-state index is 0.254. The Hall–Kier alpha value is -1.78.